The van der Waals surface area contributed by atoms with Crippen LogP contribution in [0.4, 0.5) is 0 Å². The summed E-state index contributed by atoms with van der Waals surface area (Å²) in [5, 5.41) is 11.6. The molecule has 11 heavy (non-hydrogen) atoms. The molecule has 1 aliphatic heterocycles. The van der Waals surface area contributed by atoms with Crippen LogP contribution >= 0.6 is 0 Å². The summed E-state index contributed by atoms with van der Waals surface area (Å²) in [6.07, 6.45) is 6.13. The number of aliphatic carboxylic acids is 1. The van der Waals surface area contributed by atoms with Gasteiger partial charge in [-0.2, -0.15) is 0 Å². The minimum Gasteiger partial charge on any atom is -0.480 e. The van der Waals surface area contributed by atoms with E-state index in [1.165, 1.54) is 0 Å². The first kappa shape index (κ1) is 8.53. The second kappa shape index (κ2) is 4.34. The molecule has 0 aromatic carbocycles. The van der Waals surface area contributed by atoms with Crippen molar-refractivity contribution >= 4 is 5.97 Å². The lowest BCUT2D eigenvalue weighted by Gasteiger charge is -2.16. The number of hydrogen-bond donors (Lipinski definition) is 2. The van der Waals surface area contributed by atoms with Crippen molar-refractivity contribution < 1.29 is 9.90 Å². The van der Waals surface area contributed by atoms with E-state index in [2.05, 4.69) is 11.7 Å². The minimum absolute atomic E-state index is 0.327. The van der Waals surface area contributed by atoms with Crippen molar-refractivity contribution in [1.82, 2.24) is 5.32 Å². The predicted molar refractivity (Wildman–Crippen MR) is 42.2 cm³/mol. The van der Waals surface area contributed by atoms with Crippen LogP contribution < -0.4 is 5.32 Å². The topological polar surface area (TPSA) is 49.3 Å². The molecule has 1 radical (unpaired) electrons. The summed E-state index contributed by atoms with van der Waals surface area (Å²) in [7, 11) is 0. The number of nitrogens with one attached hydrogen (secondary N) is 1. The third-order valence-corrected chi connectivity index (χ3v) is 1.96. The summed E-state index contributed by atoms with van der Waals surface area (Å²) in [5.74, 6) is -0.722. The molecule has 1 rings (SSSR count). The minimum atomic E-state index is -0.722. The SMILES string of the molecule is O=C(O)C1CCCC[CH]CN1. The quantitative estimate of drug-likeness (QED) is 0.590. The molecule has 0 saturated carbocycles. The summed E-state index contributed by atoms with van der Waals surface area (Å²) in [4.78, 5) is 10.5. The van der Waals surface area contributed by atoms with E-state index in [1.54, 1.807) is 0 Å². The van der Waals surface area contributed by atoms with Crippen LogP contribution in [0.3, 0.4) is 0 Å². The Hall–Kier alpha value is -0.570. The standard InChI is InChI=1S/C8H14NO2/c10-8(11)7-5-3-1-2-4-6-9-7/h4,7,9H,1-3,5-6H2,(H,10,11). The number of rotatable bonds is 1. The van der Waals surface area contributed by atoms with Crippen LogP contribution in [0.25, 0.3) is 0 Å². The Kier molecular flexibility index (Phi) is 3.36. The van der Waals surface area contributed by atoms with Crippen LogP contribution in [0.2, 0.25) is 0 Å². The average Bonchev–Trinajstić information content (AvgIpc) is 1.84. The molecule has 63 valence electrons. The Morgan fingerprint density at radius 3 is 3.09 bits per heavy atom. The normalized spacial score (nSPS) is 27.1. The van der Waals surface area contributed by atoms with Crippen LogP contribution in [0.5, 0.6) is 0 Å². The lowest BCUT2D eigenvalue weighted by Crippen LogP contribution is -2.38. The maximum atomic E-state index is 10.5. The average molecular weight is 156 g/mol. The van der Waals surface area contributed by atoms with Gasteiger partial charge in [0, 0.05) is 0 Å². The summed E-state index contributed by atoms with van der Waals surface area (Å²) in [6.45, 7) is 0.733. The van der Waals surface area contributed by atoms with Crippen LogP contribution in [-0.2, 0) is 4.79 Å². The maximum Gasteiger partial charge on any atom is 0.320 e. The Morgan fingerprint density at radius 2 is 2.36 bits per heavy atom. The van der Waals surface area contributed by atoms with Gasteiger partial charge in [0.05, 0.1) is 0 Å². The second-order valence-corrected chi connectivity index (χ2v) is 2.87. The lowest BCUT2D eigenvalue weighted by atomic mass is 10.0. The van der Waals surface area contributed by atoms with Gasteiger partial charge in [-0.05, 0) is 25.8 Å². The highest BCUT2D eigenvalue weighted by Crippen LogP contribution is 2.08. The Balaban J connectivity index is 2.32. The molecular formula is C8H14NO2. The van der Waals surface area contributed by atoms with Gasteiger partial charge >= 0.3 is 5.97 Å². The largest absolute Gasteiger partial charge is 0.480 e. The predicted octanol–water partition coefficient (Wildman–Crippen LogP) is 0.807. The Bertz CT molecular complexity index is 128. The van der Waals surface area contributed by atoms with Gasteiger partial charge < -0.3 is 10.4 Å². The van der Waals surface area contributed by atoms with Gasteiger partial charge in [0.25, 0.3) is 0 Å². The summed E-state index contributed by atoms with van der Waals surface area (Å²) in [5.41, 5.74) is 0. The molecule has 1 unspecified atom stereocenters. The van der Waals surface area contributed by atoms with Crippen LogP contribution in [0.15, 0.2) is 0 Å². The summed E-state index contributed by atoms with van der Waals surface area (Å²) < 4.78 is 0. The van der Waals surface area contributed by atoms with Crippen molar-refractivity contribution in [2.24, 2.45) is 0 Å². The van der Waals surface area contributed by atoms with E-state index < -0.39 is 5.97 Å². The smallest absolute Gasteiger partial charge is 0.320 e. The highest BCUT2D eigenvalue weighted by Gasteiger charge is 2.16. The van der Waals surface area contributed by atoms with Crippen molar-refractivity contribution in [2.75, 3.05) is 6.54 Å². The van der Waals surface area contributed by atoms with Crippen molar-refractivity contribution in [3.63, 3.8) is 0 Å². The zero-order valence-corrected chi connectivity index (χ0v) is 6.55. The van der Waals surface area contributed by atoms with E-state index in [-0.39, 0.29) is 6.04 Å². The molecule has 0 amide bonds. The first-order chi connectivity index (χ1) is 5.30. The fraction of sp³-hybridized carbons (Fsp3) is 0.750. The number of carboxylic acid groups (broad SMARTS) is 1. The Labute approximate surface area is 66.8 Å². The summed E-state index contributed by atoms with van der Waals surface area (Å²) >= 11 is 0. The molecule has 1 fully saturated rings. The molecule has 0 aliphatic carbocycles. The third kappa shape index (κ3) is 2.89. The molecule has 1 aliphatic rings. The molecule has 1 heterocycles. The molecule has 0 bridgehead atoms. The first-order valence-corrected chi connectivity index (χ1v) is 4.08. The van der Waals surface area contributed by atoms with Gasteiger partial charge in [-0.15, -0.1) is 0 Å². The van der Waals surface area contributed by atoms with Crippen molar-refractivity contribution in [1.29, 1.82) is 0 Å². The van der Waals surface area contributed by atoms with Gasteiger partial charge in [-0.3, -0.25) is 4.79 Å². The highest BCUT2D eigenvalue weighted by atomic mass is 16.4. The van der Waals surface area contributed by atoms with Crippen LogP contribution in [-0.4, -0.2) is 23.7 Å². The van der Waals surface area contributed by atoms with Gasteiger partial charge in [0.15, 0.2) is 0 Å². The second-order valence-electron chi connectivity index (χ2n) is 2.87. The van der Waals surface area contributed by atoms with Crippen molar-refractivity contribution in [2.45, 2.75) is 31.7 Å². The molecule has 0 aromatic heterocycles. The van der Waals surface area contributed by atoms with E-state index in [4.69, 9.17) is 5.11 Å². The van der Waals surface area contributed by atoms with Gasteiger partial charge in [0.2, 0.25) is 0 Å². The molecule has 3 heteroatoms. The fourth-order valence-corrected chi connectivity index (χ4v) is 1.28. The van der Waals surface area contributed by atoms with E-state index in [0.29, 0.717) is 0 Å². The highest BCUT2D eigenvalue weighted by molar-refractivity contribution is 5.73. The number of hydrogen-bond acceptors (Lipinski definition) is 2. The van der Waals surface area contributed by atoms with E-state index in [9.17, 15) is 4.79 Å². The zero-order valence-electron chi connectivity index (χ0n) is 6.55. The maximum absolute atomic E-state index is 10.5. The summed E-state index contributed by atoms with van der Waals surface area (Å²) in [6, 6.07) is -0.327. The van der Waals surface area contributed by atoms with E-state index in [0.717, 1.165) is 32.2 Å². The molecular weight excluding hydrogens is 142 g/mol. The molecule has 2 N–H and O–H groups in total. The van der Waals surface area contributed by atoms with Crippen molar-refractivity contribution in [3.8, 4) is 0 Å². The van der Waals surface area contributed by atoms with Crippen molar-refractivity contribution in [3.05, 3.63) is 6.42 Å². The molecule has 0 aromatic rings. The van der Waals surface area contributed by atoms with Crippen LogP contribution in [0, 0.1) is 6.42 Å². The Morgan fingerprint density at radius 1 is 1.55 bits per heavy atom. The number of carboxylic acids is 1. The fourth-order valence-electron chi connectivity index (χ4n) is 1.28. The lowest BCUT2D eigenvalue weighted by molar-refractivity contribution is -0.139. The molecule has 0 spiro atoms. The zero-order chi connectivity index (χ0) is 8.10. The molecule has 1 atom stereocenters. The monoisotopic (exact) mass is 156 g/mol. The molecule has 3 nitrogen and oxygen atoms in total. The van der Waals surface area contributed by atoms with E-state index in [1.807, 2.05) is 0 Å². The third-order valence-electron chi connectivity index (χ3n) is 1.96. The molecule has 1 saturated heterocycles. The van der Waals surface area contributed by atoms with Gasteiger partial charge in [-0.1, -0.05) is 12.8 Å². The van der Waals surface area contributed by atoms with Crippen LogP contribution in [0.1, 0.15) is 25.7 Å². The van der Waals surface area contributed by atoms with Gasteiger partial charge in [-0.25, -0.2) is 0 Å². The van der Waals surface area contributed by atoms with Gasteiger partial charge in [0.1, 0.15) is 6.04 Å². The van der Waals surface area contributed by atoms with E-state index >= 15 is 0 Å². The first-order valence-electron chi connectivity index (χ1n) is 4.08. The number of carbonyl (C=O) groups is 1.